The van der Waals surface area contributed by atoms with Crippen molar-refractivity contribution in [2.24, 2.45) is 0 Å². The molecule has 2 nitrogen and oxygen atoms in total. The van der Waals surface area contributed by atoms with Gasteiger partial charge < -0.3 is 10.1 Å². The normalized spacial score (nSPS) is 22.1. The highest BCUT2D eigenvalue weighted by Crippen LogP contribution is 2.08. The summed E-state index contributed by atoms with van der Waals surface area (Å²) in [6.45, 7) is 2.55. The molecule has 1 fully saturated rings. The van der Waals surface area contributed by atoms with Crippen LogP contribution in [0.4, 0.5) is 0 Å². The lowest BCUT2D eigenvalue weighted by molar-refractivity contribution is 0.0903. The monoisotopic (exact) mass is 315 g/mol. The average Bonchev–Trinajstić information content (AvgIpc) is 2.30. The lowest BCUT2D eigenvalue weighted by atomic mass is 10.1. The highest BCUT2D eigenvalue weighted by Gasteiger charge is 2.08. The molecule has 0 spiro atoms. The summed E-state index contributed by atoms with van der Waals surface area (Å²) in [4.78, 5) is 0. The summed E-state index contributed by atoms with van der Waals surface area (Å²) in [5, 5.41) is 3.39. The van der Waals surface area contributed by atoms with Gasteiger partial charge in [0.05, 0.1) is 13.2 Å². The van der Waals surface area contributed by atoms with E-state index in [0.717, 1.165) is 19.8 Å². The first-order valence-corrected chi connectivity index (χ1v) is 6.17. The molecule has 1 saturated heterocycles. The Balaban J connectivity index is 1.95. The standard InChI is InChI=1S/C12H14INO/c13-11-4-1-10(2-5-11)3-6-12-9-15-8-7-14-12/h1-6,12,14H,7-9H2/b6-3+. The number of rotatable bonds is 2. The molecule has 3 heteroatoms. The number of ether oxygens (including phenoxy) is 1. The van der Waals surface area contributed by atoms with Gasteiger partial charge in [0.15, 0.2) is 0 Å². The maximum Gasteiger partial charge on any atom is 0.0656 e. The molecule has 1 heterocycles. The van der Waals surface area contributed by atoms with Crippen LogP contribution in [0.2, 0.25) is 0 Å². The topological polar surface area (TPSA) is 21.3 Å². The largest absolute Gasteiger partial charge is 0.378 e. The van der Waals surface area contributed by atoms with Gasteiger partial charge in [-0.2, -0.15) is 0 Å². The van der Waals surface area contributed by atoms with Gasteiger partial charge in [-0.05, 0) is 40.3 Å². The molecule has 1 unspecified atom stereocenters. The molecule has 0 aromatic heterocycles. The molecule has 0 saturated carbocycles. The maximum atomic E-state index is 5.37. The van der Waals surface area contributed by atoms with Crippen molar-refractivity contribution < 1.29 is 4.74 Å². The van der Waals surface area contributed by atoms with Gasteiger partial charge in [0.25, 0.3) is 0 Å². The molecule has 2 rings (SSSR count). The Morgan fingerprint density at radius 2 is 2.13 bits per heavy atom. The van der Waals surface area contributed by atoms with E-state index >= 15 is 0 Å². The second-order valence-corrected chi connectivity index (χ2v) is 4.79. The minimum atomic E-state index is 0.359. The van der Waals surface area contributed by atoms with Crippen LogP contribution in [0.1, 0.15) is 5.56 Å². The van der Waals surface area contributed by atoms with E-state index in [0.29, 0.717) is 6.04 Å². The maximum absolute atomic E-state index is 5.37. The van der Waals surface area contributed by atoms with Crippen LogP contribution < -0.4 is 5.32 Å². The summed E-state index contributed by atoms with van der Waals surface area (Å²) in [5.74, 6) is 0. The molecule has 1 atom stereocenters. The summed E-state index contributed by atoms with van der Waals surface area (Å²) < 4.78 is 6.64. The molecule has 1 aliphatic heterocycles. The van der Waals surface area contributed by atoms with Gasteiger partial charge in [-0.3, -0.25) is 0 Å². The number of nitrogens with one attached hydrogen (secondary N) is 1. The minimum absolute atomic E-state index is 0.359. The van der Waals surface area contributed by atoms with Crippen LogP contribution in [0.15, 0.2) is 30.3 Å². The van der Waals surface area contributed by atoms with Crippen molar-refractivity contribution in [2.45, 2.75) is 6.04 Å². The third kappa shape index (κ3) is 3.59. The van der Waals surface area contributed by atoms with Gasteiger partial charge >= 0.3 is 0 Å². The van der Waals surface area contributed by atoms with Gasteiger partial charge in [-0.25, -0.2) is 0 Å². The van der Waals surface area contributed by atoms with Gasteiger partial charge in [-0.1, -0.05) is 24.3 Å². The lowest BCUT2D eigenvalue weighted by Crippen LogP contribution is -2.39. The Morgan fingerprint density at radius 1 is 1.33 bits per heavy atom. The fourth-order valence-corrected chi connectivity index (χ4v) is 1.87. The predicted molar refractivity (Wildman–Crippen MR) is 70.8 cm³/mol. The highest BCUT2D eigenvalue weighted by molar-refractivity contribution is 14.1. The highest BCUT2D eigenvalue weighted by atomic mass is 127. The van der Waals surface area contributed by atoms with Gasteiger partial charge in [0, 0.05) is 16.2 Å². The summed E-state index contributed by atoms with van der Waals surface area (Å²) in [5.41, 5.74) is 1.24. The zero-order valence-corrected chi connectivity index (χ0v) is 10.6. The van der Waals surface area contributed by atoms with Crippen molar-refractivity contribution in [1.29, 1.82) is 0 Å². The Hall–Kier alpha value is -0.390. The third-order valence-corrected chi connectivity index (χ3v) is 3.06. The zero-order chi connectivity index (χ0) is 10.5. The average molecular weight is 315 g/mol. The summed E-state index contributed by atoms with van der Waals surface area (Å²) >= 11 is 2.31. The first kappa shape index (κ1) is 11.1. The van der Waals surface area contributed by atoms with Crippen molar-refractivity contribution in [3.63, 3.8) is 0 Å². The molecule has 0 amide bonds. The summed E-state index contributed by atoms with van der Waals surface area (Å²) in [7, 11) is 0. The molecular weight excluding hydrogens is 301 g/mol. The van der Waals surface area contributed by atoms with Crippen molar-refractivity contribution >= 4 is 28.7 Å². The quantitative estimate of drug-likeness (QED) is 0.846. The lowest BCUT2D eigenvalue weighted by Gasteiger charge is -2.20. The third-order valence-electron chi connectivity index (χ3n) is 2.34. The molecule has 0 radical (unpaired) electrons. The minimum Gasteiger partial charge on any atom is -0.378 e. The SMILES string of the molecule is Ic1ccc(/C=C/C2COCCN2)cc1. The fourth-order valence-electron chi connectivity index (χ4n) is 1.51. The Morgan fingerprint density at radius 3 is 2.80 bits per heavy atom. The smallest absolute Gasteiger partial charge is 0.0656 e. The van der Waals surface area contributed by atoms with Gasteiger partial charge in [0.1, 0.15) is 0 Å². The van der Waals surface area contributed by atoms with E-state index in [1.165, 1.54) is 9.13 Å². The van der Waals surface area contributed by atoms with Crippen molar-refractivity contribution in [3.8, 4) is 0 Å². The van der Waals surface area contributed by atoms with Crippen LogP contribution in [-0.2, 0) is 4.74 Å². The number of benzene rings is 1. The number of hydrogen-bond acceptors (Lipinski definition) is 2. The van der Waals surface area contributed by atoms with Crippen molar-refractivity contribution in [2.75, 3.05) is 19.8 Å². The van der Waals surface area contributed by atoms with Crippen LogP contribution in [-0.4, -0.2) is 25.8 Å². The van der Waals surface area contributed by atoms with Crippen molar-refractivity contribution in [3.05, 3.63) is 39.5 Å². The predicted octanol–water partition coefficient (Wildman–Crippen LogP) is 2.29. The zero-order valence-electron chi connectivity index (χ0n) is 8.45. The van der Waals surface area contributed by atoms with Gasteiger partial charge in [-0.15, -0.1) is 0 Å². The molecule has 0 bridgehead atoms. The van der Waals surface area contributed by atoms with Crippen molar-refractivity contribution in [1.82, 2.24) is 5.32 Å². The van der Waals surface area contributed by atoms with E-state index in [9.17, 15) is 0 Å². The van der Waals surface area contributed by atoms with Gasteiger partial charge in [0.2, 0.25) is 0 Å². The Kier molecular flexibility index (Phi) is 4.17. The summed E-state index contributed by atoms with van der Waals surface area (Å²) in [6.07, 6.45) is 4.31. The van der Waals surface area contributed by atoms with E-state index in [1.807, 2.05) is 0 Å². The molecule has 0 aliphatic carbocycles. The molecule has 1 N–H and O–H groups in total. The molecule has 80 valence electrons. The number of hydrogen-bond donors (Lipinski definition) is 1. The second-order valence-electron chi connectivity index (χ2n) is 3.55. The molecule has 1 aromatic carbocycles. The molecule has 1 aromatic rings. The van der Waals surface area contributed by atoms with Crippen LogP contribution >= 0.6 is 22.6 Å². The van der Waals surface area contributed by atoms with Crippen LogP contribution in [0, 0.1) is 3.57 Å². The Bertz CT molecular complexity index is 328. The number of halogens is 1. The van der Waals surface area contributed by atoms with E-state index in [4.69, 9.17) is 4.74 Å². The van der Waals surface area contributed by atoms with E-state index in [2.05, 4.69) is 64.3 Å². The first-order valence-electron chi connectivity index (χ1n) is 5.09. The second kappa shape index (κ2) is 5.63. The van der Waals surface area contributed by atoms with E-state index in [1.54, 1.807) is 0 Å². The van der Waals surface area contributed by atoms with E-state index in [-0.39, 0.29) is 0 Å². The molecule has 1 aliphatic rings. The van der Waals surface area contributed by atoms with Crippen LogP contribution in [0.25, 0.3) is 6.08 Å². The van der Waals surface area contributed by atoms with Crippen LogP contribution in [0.3, 0.4) is 0 Å². The fraction of sp³-hybridized carbons (Fsp3) is 0.333. The first-order chi connectivity index (χ1) is 7.34. The van der Waals surface area contributed by atoms with Crippen LogP contribution in [0.5, 0.6) is 0 Å². The molecule has 15 heavy (non-hydrogen) atoms. The summed E-state index contributed by atoms with van der Waals surface area (Å²) in [6, 6.07) is 8.85. The molecular formula is C12H14INO. The Labute approximate surface area is 104 Å². The van der Waals surface area contributed by atoms with E-state index < -0.39 is 0 Å². The number of morpholine rings is 1.